The van der Waals surface area contributed by atoms with Crippen LogP contribution in [0.5, 0.6) is 5.75 Å². The first-order chi connectivity index (χ1) is 7.22. The first-order valence-electron chi connectivity index (χ1n) is 5.13. The molecule has 3 heteroatoms. The molecule has 15 heavy (non-hydrogen) atoms. The van der Waals surface area contributed by atoms with Gasteiger partial charge in [0.15, 0.2) is 5.78 Å². The van der Waals surface area contributed by atoms with Gasteiger partial charge in [-0.25, -0.2) is 0 Å². The third kappa shape index (κ3) is 1.88. The fourth-order valence-electron chi connectivity index (χ4n) is 2.03. The number of ketones is 1. The molecule has 0 aliphatic carbocycles. The summed E-state index contributed by atoms with van der Waals surface area (Å²) in [5, 5.41) is 3.22. The topological polar surface area (TPSA) is 38.3 Å². The van der Waals surface area contributed by atoms with Crippen LogP contribution in [0, 0.1) is 0 Å². The molecule has 0 aromatic heterocycles. The maximum Gasteiger partial charge on any atom is 0.151 e. The van der Waals surface area contributed by atoms with Crippen molar-refractivity contribution < 1.29 is 9.53 Å². The van der Waals surface area contributed by atoms with Crippen LogP contribution < -0.4 is 10.1 Å². The molecule has 1 N–H and O–H groups in total. The van der Waals surface area contributed by atoms with E-state index in [4.69, 9.17) is 4.74 Å². The Morgan fingerprint density at radius 1 is 1.53 bits per heavy atom. The molecule has 0 saturated carbocycles. The summed E-state index contributed by atoms with van der Waals surface area (Å²) in [6.45, 7) is 2.47. The Morgan fingerprint density at radius 2 is 2.33 bits per heavy atom. The summed E-state index contributed by atoms with van der Waals surface area (Å²) >= 11 is 0. The predicted molar refractivity (Wildman–Crippen MR) is 58.1 cm³/mol. The van der Waals surface area contributed by atoms with Crippen molar-refractivity contribution in [1.82, 2.24) is 5.32 Å². The number of carbonyl (C=O) groups is 1. The monoisotopic (exact) mass is 205 g/mol. The van der Waals surface area contributed by atoms with E-state index in [-0.39, 0.29) is 11.8 Å². The number of ether oxygens (including phenoxy) is 1. The summed E-state index contributed by atoms with van der Waals surface area (Å²) in [7, 11) is 1.66. The fourth-order valence-corrected chi connectivity index (χ4v) is 2.03. The van der Waals surface area contributed by atoms with Crippen LogP contribution in [0.3, 0.4) is 0 Å². The van der Waals surface area contributed by atoms with Crippen molar-refractivity contribution in [3.8, 4) is 5.75 Å². The van der Waals surface area contributed by atoms with E-state index >= 15 is 0 Å². The van der Waals surface area contributed by atoms with E-state index in [2.05, 4.69) is 5.32 Å². The Labute approximate surface area is 89.4 Å². The summed E-state index contributed by atoms with van der Waals surface area (Å²) in [6.07, 6.45) is 0.955. The van der Waals surface area contributed by atoms with Crippen molar-refractivity contribution in [2.75, 3.05) is 13.7 Å². The molecular weight excluding hydrogens is 190 g/mol. The quantitative estimate of drug-likeness (QED) is 0.794. The van der Waals surface area contributed by atoms with Crippen molar-refractivity contribution in [3.63, 3.8) is 0 Å². The molecule has 0 bridgehead atoms. The van der Waals surface area contributed by atoms with Gasteiger partial charge in [0, 0.05) is 6.54 Å². The summed E-state index contributed by atoms with van der Waals surface area (Å²) in [5.74, 6) is 1.03. The molecule has 80 valence electrons. The average molecular weight is 205 g/mol. The number of fused-ring (bicyclic) bond motifs is 1. The molecule has 1 unspecified atom stereocenters. The predicted octanol–water partition coefficient (Wildman–Crippen LogP) is 1.47. The van der Waals surface area contributed by atoms with Gasteiger partial charge in [-0.05, 0) is 36.6 Å². The highest BCUT2D eigenvalue weighted by Gasteiger charge is 2.23. The first kappa shape index (κ1) is 10.2. The summed E-state index contributed by atoms with van der Waals surface area (Å²) in [6, 6.07) is 5.76. The van der Waals surface area contributed by atoms with E-state index in [9.17, 15) is 4.79 Å². The molecule has 1 aliphatic heterocycles. The van der Waals surface area contributed by atoms with Gasteiger partial charge >= 0.3 is 0 Å². The van der Waals surface area contributed by atoms with Crippen molar-refractivity contribution >= 4 is 5.78 Å². The van der Waals surface area contributed by atoms with Crippen LogP contribution in [-0.4, -0.2) is 19.4 Å². The SMILES string of the molecule is COc1ccc2c(c1)CCNC2C(C)=O. The molecule has 1 aliphatic rings. The Morgan fingerprint density at radius 3 is 3.00 bits per heavy atom. The smallest absolute Gasteiger partial charge is 0.151 e. The maximum absolute atomic E-state index is 11.4. The van der Waals surface area contributed by atoms with E-state index in [1.54, 1.807) is 14.0 Å². The van der Waals surface area contributed by atoms with Gasteiger partial charge in [-0.2, -0.15) is 0 Å². The van der Waals surface area contributed by atoms with Crippen LogP contribution in [-0.2, 0) is 11.2 Å². The van der Waals surface area contributed by atoms with Crippen LogP contribution in [0.2, 0.25) is 0 Å². The van der Waals surface area contributed by atoms with Crippen LogP contribution in [0.15, 0.2) is 18.2 Å². The lowest BCUT2D eigenvalue weighted by Gasteiger charge is -2.25. The Kier molecular flexibility index (Phi) is 2.73. The van der Waals surface area contributed by atoms with Crippen LogP contribution >= 0.6 is 0 Å². The highest BCUT2D eigenvalue weighted by Crippen LogP contribution is 2.27. The fraction of sp³-hybridized carbons (Fsp3) is 0.417. The van der Waals surface area contributed by atoms with E-state index in [1.165, 1.54) is 5.56 Å². The first-order valence-corrected chi connectivity index (χ1v) is 5.13. The van der Waals surface area contributed by atoms with E-state index in [0.717, 1.165) is 24.3 Å². The van der Waals surface area contributed by atoms with Gasteiger partial charge in [0.2, 0.25) is 0 Å². The van der Waals surface area contributed by atoms with Gasteiger partial charge in [0.25, 0.3) is 0 Å². The molecule has 0 radical (unpaired) electrons. The van der Waals surface area contributed by atoms with E-state index in [0.29, 0.717) is 0 Å². The second kappa shape index (κ2) is 4.03. The molecule has 2 rings (SSSR count). The molecule has 0 fully saturated rings. The van der Waals surface area contributed by atoms with Gasteiger partial charge in [-0.15, -0.1) is 0 Å². The second-order valence-corrected chi connectivity index (χ2v) is 3.81. The number of Topliss-reactive ketones (excluding diaryl/α,β-unsaturated/α-hetero) is 1. The Hall–Kier alpha value is -1.35. The standard InChI is InChI=1S/C12H15NO2/c1-8(14)12-11-4-3-10(15-2)7-9(11)5-6-13-12/h3-4,7,12-13H,5-6H2,1-2H3. The highest BCUT2D eigenvalue weighted by molar-refractivity contribution is 5.83. The number of nitrogens with one attached hydrogen (secondary N) is 1. The van der Waals surface area contributed by atoms with Gasteiger partial charge in [0.05, 0.1) is 13.2 Å². The van der Waals surface area contributed by atoms with E-state index in [1.807, 2.05) is 18.2 Å². The number of benzene rings is 1. The highest BCUT2D eigenvalue weighted by atomic mass is 16.5. The summed E-state index contributed by atoms with van der Waals surface area (Å²) in [4.78, 5) is 11.4. The normalized spacial score (nSPS) is 19.5. The van der Waals surface area contributed by atoms with Gasteiger partial charge in [-0.3, -0.25) is 4.79 Å². The van der Waals surface area contributed by atoms with Crippen LogP contribution in [0.4, 0.5) is 0 Å². The molecule has 1 aromatic rings. The van der Waals surface area contributed by atoms with Gasteiger partial charge in [-0.1, -0.05) is 6.07 Å². The van der Waals surface area contributed by atoms with Crippen molar-refractivity contribution in [2.24, 2.45) is 0 Å². The van der Waals surface area contributed by atoms with Crippen LogP contribution in [0.25, 0.3) is 0 Å². The van der Waals surface area contributed by atoms with Crippen molar-refractivity contribution in [2.45, 2.75) is 19.4 Å². The Bertz CT molecular complexity index is 387. The summed E-state index contributed by atoms with van der Waals surface area (Å²) in [5.41, 5.74) is 2.31. The minimum Gasteiger partial charge on any atom is -0.497 e. The zero-order chi connectivity index (χ0) is 10.8. The van der Waals surface area contributed by atoms with Crippen LogP contribution in [0.1, 0.15) is 24.1 Å². The lowest BCUT2D eigenvalue weighted by atomic mass is 9.92. The number of hydrogen-bond acceptors (Lipinski definition) is 3. The number of rotatable bonds is 2. The molecule has 0 spiro atoms. The second-order valence-electron chi connectivity index (χ2n) is 3.81. The molecule has 1 atom stereocenters. The summed E-state index contributed by atoms with van der Waals surface area (Å²) < 4.78 is 5.17. The maximum atomic E-state index is 11.4. The number of methoxy groups -OCH3 is 1. The lowest BCUT2D eigenvalue weighted by Crippen LogP contribution is -2.33. The molecule has 0 saturated heterocycles. The zero-order valence-electron chi connectivity index (χ0n) is 9.04. The Balaban J connectivity index is 2.40. The molecule has 3 nitrogen and oxygen atoms in total. The number of hydrogen-bond donors (Lipinski definition) is 1. The molecular formula is C12H15NO2. The van der Waals surface area contributed by atoms with Gasteiger partial charge in [0.1, 0.15) is 5.75 Å². The minimum atomic E-state index is -0.139. The van der Waals surface area contributed by atoms with Crippen molar-refractivity contribution in [1.29, 1.82) is 0 Å². The zero-order valence-corrected chi connectivity index (χ0v) is 9.04. The number of carbonyl (C=O) groups excluding carboxylic acids is 1. The third-order valence-electron chi connectivity index (χ3n) is 2.81. The largest absolute Gasteiger partial charge is 0.497 e. The molecule has 0 amide bonds. The van der Waals surface area contributed by atoms with Crippen molar-refractivity contribution in [3.05, 3.63) is 29.3 Å². The minimum absolute atomic E-state index is 0.139. The lowest BCUT2D eigenvalue weighted by molar-refractivity contribution is -0.119. The van der Waals surface area contributed by atoms with Gasteiger partial charge < -0.3 is 10.1 Å². The third-order valence-corrected chi connectivity index (χ3v) is 2.81. The molecule has 1 heterocycles. The average Bonchev–Trinajstić information content (AvgIpc) is 2.27. The molecule has 1 aromatic carbocycles. The van der Waals surface area contributed by atoms with E-state index < -0.39 is 0 Å².